The van der Waals surface area contributed by atoms with E-state index in [1.165, 1.54) is 0 Å². The van der Waals surface area contributed by atoms with E-state index in [4.69, 9.17) is 4.74 Å². The van der Waals surface area contributed by atoms with Crippen LogP contribution in [0.3, 0.4) is 0 Å². The molecule has 0 aliphatic carbocycles. The second-order valence-corrected chi connectivity index (χ2v) is 5.73. The van der Waals surface area contributed by atoms with E-state index in [9.17, 15) is 0 Å². The molecule has 0 aromatic carbocycles. The van der Waals surface area contributed by atoms with Crippen molar-refractivity contribution >= 4 is 0 Å². The van der Waals surface area contributed by atoms with Gasteiger partial charge in [0.2, 0.25) is 0 Å². The summed E-state index contributed by atoms with van der Waals surface area (Å²) in [6.07, 6.45) is 6.43. The molecule has 0 spiro atoms. The number of nitrogens with zero attached hydrogens (tertiary/aromatic N) is 3. The van der Waals surface area contributed by atoms with Gasteiger partial charge in [-0.2, -0.15) is 0 Å². The van der Waals surface area contributed by atoms with Gasteiger partial charge in [0, 0.05) is 32.0 Å². The molecule has 17 heavy (non-hydrogen) atoms. The molecule has 96 valence electrons. The van der Waals surface area contributed by atoms with E-state index >= 15 is 0 Å². The second-order valence-electron chi connectivity index (χ2n) is 5.73. The highest BCUT2D eigenvalue weighted by molar-refractivity contribution is 4.89. The fourth-order valence-corrected chi connectivity index (χ4v) is 2.66. The van der Waals surface area contributed by atoms with Crippen LogP contribution in [-0.4, -0.2) is 46.3 Å². The molecule has 0 amide bonds. The van der Waals surface area contributed by atoms with Gasteiger partial charge < -0.3 is 9.30 Å². The van der Waals surface area contributed by atoms with Crippen molar-refractivity contribution in [3.63, 3.8) is 0 Å². The number of rotatable bonds is 3. The maximum atomic E-state index is 5.76. The van der Waals surface area contributed by atoms with Crippen LogP contribution >= 0.6 is 0 Å². The van der Waals surface area contributed by atoms with Crippen LogP contribution in [0.4, 0.5) is 0 Å². The Balaban J connectivity index is 2.00. The van der Waals surface area contributed by atoms with Gasteiger partial charge in [-0.3, -0.25) is 4.90 Å². The zero-order valence-corrected chi connectivity index (χ0v) is 11.3. The van der Waals surface area contributed by atoms with Gasteiger partial charge in [-0.15, -0.1) is 0 Å². The molecule has 2 unspecified atom stereocenters. The summed E-state index contributed by atoms with van der Waals surface area (Å²) in [5.74, 6) is 0. The third kappa shape index (κ3) is 3.07. The average Bonchev–Trinajstić information content (AvgIpc) is 2.67. The third-order valence-electron chi connectivity index (χ3n) is 3.31. The average molecular weight is 237 g/mol. The van der Waals surface area contributed by atoms with Gasteiger partial charge in [0.25, 0.3) is 0 Å². The quantitative estimate of drug-likeness (QED) is 0.802. The fraction of sp³-hybridized carbons (Fsp3) is 0.769. The van der Waals surface area contributed by atoms with Crippen molar-refractivity contribution in [2.45, 2.75) is 45.4 Å². The lowest BCUT2D eigenvalue weighted by Crippen LogP contribution is -2.50. The molecule has 1 saturated heterocycles. The van der Waals surface area contributed by atoms with Crippen LogP contribution in [0, 0.1) is 0 Å². The maximum Gasteiger partial charge on any atom is 0.0951 e. The van der Waals surface area contributed by atoms with Gasteiger partial charge in [-0.25, -0.2) is 4.98 Å². The van der Waals surface area contributed by atoms with E-state index in [-0.39, 0.29) is 5.54 Å². The highest BCUT2D eigenvalue weighted by Crippen LogP contribution is 2.19. The summed E-state index contributed by atoms with van der Waals surface area (Å²) < 4.78 is 7.94. The first-order valence-electron chi connectivity index (χ1n) is 6.33. The van der Waals surface area contributed by atoms with Gasteiger partial charge in [-0.05, 0) is 27.7 Å². The molecule has 1 aliphatic heterocycles. The van der Waals surface area contributed by atoms with Crippen LogP contribution in [0.25, 0.3) is 0 Å². The lowest BCUT2D eigenvalue weighted by molar-refractivity contribution is -0.0747. The van der Waals surface area contributed by atoms with Gasteiger partial charge in [0.05, 0.1) is 24.1 Å². The Hall–Kier alpha value is -0.870. The first-order valence-corrected chi connectivity index (χ1v) is 6.33. The number of morpholine rings is 1. The van der Waals surface area contributed by atoms with E-state index in [2.05, 4.69) is 42.1 Å². The Morgan fingerprint density at radius 2 is 1.94 bits per heavy atom. The Kier molecular flexibility index (Phi) is 3.54. The Labute approximate surface area is 104 Å². The number of hydrogen-bond acceptors (Lipinski definition) is 3. The molecular weight excluding hydrogens is 214 g/mol. The largest absolute Gasteiger partial charge is 0.373 e. The maximum absolute atomic E-state index is 5.76. The predicted octanol–water partition coefficient (Wildman–Crippen LogP) is 1.73. The molecule has 2 heterocycles. The molecule has 1 fully saturated rings. The molecule has 4 heteroatoms. The van der Waals surface area contributed by atoms with Crippen molar-refractivity contribution in [3.05, 3.63) is 18.7 Å². The molecule has 1 aromatic heterocycles. The fourth-order valence-electron chi connectivity index (χ4n) is 2.66. The highest BCUT2D eigenvalue weighted by Gasteiger charge is 2.28. The van der Waals surface area contributed by atoms with Gasteiger partial charge in [0.15, 0.2) is 0 Å². The zero-order valence-electron chi connectivity index (χ0n) is 11.3. The molecule has 2 rings (SSSR count). The van der Waals surface area contributed by atoms with Crippen molar-refractivity contribution in [2.75, 3.05) is 19.6 Å². The van der Waals surface area contributed by atoms with E-state index in [1.807, 2.05) is 18.7 Å². The van der Waals surface area contributed by atoms with Crippen LogP contribution in [0.2, 0.25) is 0 Å². The van der Waals surface area contributed by atoms with Crippen molar-refractivity contribution in [2.24, 2.45) is 0 Å². The van der Waals surface area contributed by atoms with Gasteiger partial charge in [-0.1, -0.05) is 0 Å². The molecule has 4 nitrogen and oxygen atoms in total. The molecule has 2 atom stereocenters. The van der Waals surface area contributed by atoms with E-state index in [0.29, 0.717) is 12.2 Å². The normalized spacial score (nSPS) is 27.3. The molecular formula is C13H23N3O. The van der Waals surface area contributed by atoms with Crippen LogP contribution in [-0.2, 0) is 10.3 Å². The summed E-state index contributed by atoms with van der Waals surface area (Å²) in [5.41, 5.74) is 0.0767. The molecule has 0 N–H and O–H groups in total. The van der Waals surface area contributed by atoms with Gasteiger partial charge >= 0.3 is 0 Å². The standard InChI is InChI=1S/C13H23N3O/c1-11-7-15(8-12(2)17-11)9-13(3,4)16-6-5-14-10-16/h5-6,10-12H,7-9H2,1-4H3. The van der Waals surface area contributed by atoms with Crippen molar-refractivity contribution in [1.29, 1.82) is 0 Å². The highest BCUT2D eigenvalue weighted by atomic mass is 16.5. The predicted molar refractivity (Wildman–Crippen MR) is 68.0 cm³/mol. The first kappa shape index (κ1) is 12.6. The summed E-state index contributed by atoms with van der Waals surface area (Å²) >= 11 is 0. The Morgan fingerprint density at radius 1 is 1.29 bits per heavy atom. The van der Waals surface area contributed by atoms with Crippen molar-refractivity contribution < 1.29 is 4.74 Å². The topological polar surface area (TPSA) is 30.3 Å². The third-order valence-corrected chi connectivity index (χ3v) is 3.31. The van der Waals surface area contributed by atoms with Gasteiger partial charge in [0.1, 0.15) is 0 Å². The summed E-state index contributed by atoms with van der Waals surface area (Å²) in [7, 11) is 0. The first-order chi connectivity index (χ1) is 7.97. The lowest BCUT2D eigenvalue weighted by Gasteiger charge is -2.40. The van der Waals surface area contributed by atoms with Crippen molar-refractivity contribution in [3.8, 4) is 0 Å². The minimum atomic E-state index is 0.0767. The van der Waals surface area contributed by atoms with Crippen LogP contribution in [0.15, 0.2) is 18.7 Å². The van der Waals surface area contributed by atoms with Crippen molar-refractivity contribution in [1.82, 2.24) is 14.5 Å². The second kappa shape index (κ2) is 4.78. The van der Waals surface area contributed by atoms with E-state index < -0.39 is 0 Å². The number of imidazole rings is 1. The minimum absolute atomic E-state index is 0.0767. The van der Waals surface area contributed by atoms with E-state index in [1.54, 1.807) is 0 Å². The monoisotopic (exact) mass is 237 g/mol. The summed E-state index contributed by atoms with van der Waals surface area (Å²) in [6, 6.07) is 0. The Morgan fingerprint density at radius 3 is 2.47 bits per heavy atom. The zero-order chi connectivity index (χ0) is 12.5. The summed E-state index contributed by atoms with van der Waals surface area (Å²) in [4.78, 5) is 6.62. The van der Waals surface area contributed by atoms with Crippen LogP contribution in [0.5, 0.6) is 0 Å². The van der Waals surface area contributed by atoms with Crippen LogP contribution < -0.4 is 0 Å². The molecule has 1 aromatic rings. The molecule has 1 aliphatic rings. The minimum Gasteiger partial charge on any atom is -0.373 e. The van der Waals surface area contributed by atoms with E-state index in [0.717, 1.165) is 19.6 Å². The number of aromatic nitrogens is 2. The SMILES string of the molecule is CC1CN(CC(C)(C)n2ccnc2)CC(C)O1. The smallest absolute Gasteiger partial charge is 0.0951 e. The molecule has 0 radical (unpaired) electrons. The molecule has 0 bridgehead atoms. The summed E-state index contributed by atoms with van der Waals surface area (Å²) in [6.45, 7) is 11.9. The molecule has 0 saturated carbocycles. The lowest BCUT2D eigenvalue weighted by atomic mass is 10.0. The number of hydrogen-bond donors (Lipinski definition) is 0. The van der Waals surface area contributed by atoms with Crippen LogP contribution in [0.1, 0.15) is 27.7 Å². The Bertz CT molecular complexity index is 338. The number of ether oxygens (including phenoxy) is 1. The summed E-state index contributed by atoms with van der Waals surface area (Å²) in [5, 5.41) is 0.